The molecule has 0 atom stereocenters. The summed E-state index contributed by atoms with van der Waals surface area (Å²) >= 11 is 0. The highest BCUT2D eigenvalue weighted by Crippen LogP contribution is 2.29. The number of carbonyl (C=O) groups is 2. The quantitative estimate of drug-likeness (QED) is 0.757. The molecule has 2 N–H and O–H groups in total. The number of para-hydroxylation sites is 1. The van der Waals surface area contributed by atoms with E-state index < -0.39 is 0 Å². The van der Waals surface area contributed by atoms with Gasteiger partial charge in [-0.05, 0) is 25.8 Å². The van der Waals surface area contributed by atoms with Gasteiger partial charge in [-0.25, -0.2) is 4.79 Å². The molecule has 0 saturated carbocycles. The van der Waals surface area contributed by atoms with Crippen LogP contribution in [0.25, 0.3) is 10.9 Å². The van der Waals surface area contributed by atoms with Crippen LogP contribution in [0.1, 0.15) is 30.1 Å². The van der Waals surface area contributed by atoms with E-state index in [0.717, 1.165) is 42.5 Å². The largest absolute Gasteiger partial charge is 0.462 e. The van der Waals surface area contributed by atoms with Crippen molar-refractivity contribution in [3.63, 3.8) is 0 Å². The molecule has 1 aliphatic heterocycles. The van der Waals surface area contributed by atoms with Crippen molar-refractivity contribution in [2.45, 2.75) is 25.8 Å². The van der Waals surface area contributed by atoms with Gasteiger partial charge in [0.1, 0.15) is 5.56 Å². The van der Waals surface area contributed by atoms with E-state index in [1.807, 2.05) is 24.3 Å². The van der Waals surface area contributed by atoms with Crippen molar-refractivity contribution in [2.24, 2.45) is 0 Å². The van der Waals surface area contributed by atoms with Crippen LogP contribution in [-0.2, 0) is 9.53 Å². The fourth-order valence-electron chi connectivity index (χ4n) is 3.38. The predicted molar refractivity (Wildman–Crippen MR) is 105 cm³/mol. The Hall–Kier alpha value is -2.67. The van der Waals surface area contributed by atoms with Gasteiger partial charge in [0.05, 0.1) is 24.4 Å². The van der Waals surface area contributed by atoms with Crippen LogP contribution in [0.5, 0.6) is 0 Å². The summed E-state index contributed by atoms with van der Waals surface area (Å²) < 4.78 is 5.21. The van der Waals surface area contributed by atoms with Gasteiger partial charge in [-0.3, -0.25) is 14.7 Å². The third kappa shape index (κ3) is 4.54. The molecular formula is C20H26N4O3. The number of ether oxygens (including phenoxy) is 1. The average molecular weight is 370 g/mol. The number of carbonyl (C=O) groups excluding carboxylic acids is 2. The molecule has 2 heterocycles. The standard InChI is InChI=1S/C20H26N4O3/c1-3-27-20(26)16-12-22-17-7-5-4-6-15(17)19(16)23-14-8-10-24(11-9-14)13-18(25)21-2/h4-7,12,14H,3,8-11,13H2,1-2H3,(H,21,25)(H,22,23). The summed E-state index contributed by atoms with van der Waals surface area (Å²) in [4.78, 5) is 30.5. The van der Waals surface area contributed by atoms with E-state index in [4.69, 9.17) is 4.74 Å². The maximum absolute atomic E-state index is 12.4. The van der Waals surface area contributed by atoms with Crippen molar-refractivity contribution in [1.29, 1.82) is 0 Å². The Bertz CT molecular complexity index is 816. The summed E-state index contributed by atoms with van der Waals surface area (Å²) in [5.74, 6) is -0.332. The predicted octanol–water partition coefficient (Wildman–Crippen LogP) is 2.03. The number of piperidine rings is 1. The van der Waals surface area contributed by atoms with E-state index >= 15 is 0 Å². The molecule has 3 rings (SSSR count). The van der Waals surface area contributed by atoms with Crippen LogP contribution >= 0.6 is 0 Å². The maximum atomic E-state index is 12.4. The molecule has 1 fully saturated rings. The molecule has 0 bridgehead atoms. The van der Waals surface area contributed by atoms with Crippen molar-refractivity contribution in [3.8, 4) is 0 Å². The summed E-state index contributed by atoms with van der Waals surface area (Å²) in [6, 6.07) is 8.00. The zero-order chi connectivity index (χ0) is 19.2. The molecule has 0 unspecified atom stereocenters. The smallest absolute Gasteiger partial charge is 0.341 e. The molecule has 1 amide bonds. The minimum Gasteiger partial charge on any atom is -0.462 e. The Labute approximate surface area is 159 Å². The third-order valence-corrected chi connectivity index (χ3v) is 4.85. The van der Waals surface area contributed by atoms with Crippen LogP contribution < -0.4 is 10.6 Å². The monoisotopic (exact) mass is 370 g/mol. The number of aromatic nitrogens is 1. The highest BCUT2D eigenvalue weighted by molar-refractivity contribution is 6.04. The molecule has 7 nitrogen and oxygen atoms in total. The molecule has 27 heavy (non-hydrogen) atoms. The lowest BCUT2D eigenvalue weighted by atomic mass is 10.0. The number of benzene rings is 1. The van der Waals surface area contributed by atoms with Gasteiger partial charge in [0.25, 0.3) is 0 Å². The molecule has 1 aliphatic rings. The van der Waals surface area contributed by atoms with Gasteiger partial charge in [0.2, 0.25) is 5.91 Å². The highest BCUT2D eigenvalue weighted by atomic mass is 16.5. The summed E-state index contributed by atoms with van der Waals surface area (Å²) in [6.45, 7) is 4.21. The highest BCUT2D eigenvalue weighted by Gasteiger charge is 2.23. The summed E-state index contributed by atoms with van der Waals surface area (Å²) in [5.41, 5.74) is 2.08. The van der Waals surface area contributed by atoms with Gasteiger partial charge in [0, 0.05) is 37.8 Å². The summed E-state index contributed by atoms with van der Waals surface area (Å²) in [5, 5.41) is 7.13. The van der Waals surface area contributed by atoms with E-state index in [2.05, 4.69) is 20.5 Å². The number of pyridine rings is 1. The van der Waals surface area contributed by atoms with Crippen molar-refractivity contribution in [2.75, 3.05) is 38.6 Å². The first-order valence-electron chi connectivity index (χ1n) is 9.36. The number of nitrogens with zero attached hydrogens (tertiary/aromatic N) is 2. The fraction of sp³-hybridized carbons (Fsp3) is 0.450. The first kappa shape index (κ1) is 19.1. The lowest BCUT2D eigenvalue weighted by Gasteiger charge is -2.32. The Morgan fingerprint density at radius 1 is 1.26 bits per heavy atom. The number of fused-ring (bicyclic) bond motifs is 1. The van der Waals surface area contributed by atoms with Crippen molar-refractivity contribution in [1.82, 2.24) is 15.2 Å². The molecule has 1 aromatic heterocycles. The molecule has 1 saturated heterocycles. The Morgan fingerprint density at radius 2 is 2.00 bits per heavy atom. The Balaban J connectivity index is 1.78. The van der Waals surface area contributed by atoms with E-state index in [-0.39, 0.29) is 17.9 Å². The van der Waals surface area contributed by atoms with Gasteiger partial charge in [-0.1, -0.05) is 18.2 Å². The second-order valence-corrected chi connectivity index (χ2v) is 6.65. The van der Waals surface area contributed by atoms with Crippen LogP contribution in [0.4, 0.5) is 5.69 Å². The fourth-order valence-corrected chi connectivity index (χ4v) is 3.38. The first-order valence-corrected chi connectivity index (χ1v) is 9.36. The van der Waals surface area contributed by atoms with Crippen LogP contribution in [0.15, 0.2) is 30.5 Å². The van der Waals surface area contributed by atoms with E-state index in [1.165, 1.54) is 0 Å². The lowest BCUT2D eigenvalue weighted by Crippen LogP contribution is -2.43. The second-order valence-electron chi connectivity index (χ2n) is 6.65. The van der Waals surface area contributed by atoms with Crippen LogP contribution in [0, 0.1) is 0 Å². The van der Waals surface area contributed by atoms with Gasteiger partial charge in [-0.15, -0.1) is 0 Å². The van der Waals surface area contributed by atoms with Gasteiger partial charge in [-0.2, -0.15) is 0 Å². The molecule has 2 aromatic rings. The molecule has 0 radical (unpaired) electrons. The number of anilines is 1. The van der Waals surface area contributed by atoms with E-state index in [0.29, 0.717) is 18.7 Å². The average Bonchev–Trinajstić information content (AvgIpc) is 2.69. The number of likely N-dealkylation sites (tertiary alicyclic amines) is 1. The lowest BCUT2D eigenvalue weighted by molar-refractivity contribution is -0.122. The van der Waals surface area contributed by atoms with Crippen molar-refractivity contribution >= 4 is 28.5 Å². The SMILES string of the molecule is CCOC(=O)c1cnc2ccccc2c1NC1CCN(CC(=O)NC)CC1. The maximum Gasteiger partial charge on any atom is 0.341 e. The van der Waals surface area contributed by atoms with Gasteiger partial charge >= 0.3 is 5.97 Å². The number of hydrogen-bond donors (Lipinski definition) is 2. The molecule has 7 heteroatoms. The normalized spacial score (nSPS) is 15.5. The number of nitrogens with one attached hydrogen (secondary N) is 2. The first-order chi connectivity index (χ1) is 13.1. The van der Waals surface area contributed by atoms with Gasteiger partial charge in [0.15, 0.2) is 0 Å². The number of hydrogen-bond acceptors (Lipinski definition) is 6. The van der Waals surface area contributed by atoms with Gasteiger partial charge < -0.3 is 15.4 Å². The Morgan fingerprint density at radius 3 is 2.70 bits per heavy atom. The number of likely N-dealkylation sites (N-methyl/N-ethyl adjacent to an activating group) is 1. The second kappa shape index (κ2) is 8.81. The molecule has 0 aliphatic carbocycles. The summed E-state index contributed by atoms with van der Waals surface area (Å²) in [6.07, 6.45) is 3.38. The zero-order valence-corrected chi connectivity index (χ0v) is 15.8. The van der Waals surface area contributed by atoms with Crippen molar-refractivity contribution < 1.29 is 14.3 Å². The number of esters is 1. The molecule has 144 valence electrons. The molecular weight excluding hydrogens is 344 g/mol. The van der Waals surface area contributed by atoms with E-state index in [9.17, 15) is 9.59 Å². The number of amides is 1. The van der Waals surface area contributed by atoms with Crippen LogP contribution in [0.3, 0.4) is 0 Å². The van der Waals surface area contributed by atoms with Crippen molar-refractivity contribution in [3.05, 3.63) is 36.0 Å². The third-order valence-electron chi connectivity index (χ3n) is 4.85. The zero-order valence-electron chi connectivity index (χ0n) is 15.8. The molecule has 0 spiro atoms. The van der Waals surface area contributed by atoms with Crippen LogP contribution in [0.2, 0.25) is 0 Å². The topological polar surface area (TPSA) is 83.6 Å². The molecule has 1 aromatic carbocycles. The Kier molecular flexibility index (Phi) is 6.24. The number of rotatable bonds is 6. The van der Waals surface area contributed by atoms with E-state index in [1.54, 1.807) is 20.2 Å². The minimum atomic E-state index is -0.365. The summed E-state index contributed by atoms with van der Waals surface area (Å²) in [7, 11) is 1.65. The van der Waals surface area contributed by atoms with Crippen LogP contribution in [-0.4, -0.2) is 61.1 Å². The minimum absolute atomic E-state index is 0.0335.